The fourth-order valence-corrected chi connectivity index (χ4v) is 1.97. The summed E-state index contributed by atoms with van der Waals surface area (Å²) in [5.41, 5.74) is 1.01. The van der Waals surface area contributed by atoms with Crippen LogP contribution in [0.25, 0.3) is 0 Å². The quantitative estimate of drug-likeness (QED) is 0.838. The first-order valence-corrected chi connectivity index (χ1v) is 6.23. The fraction of sp³-hybridized carbons (Fsp3) is 0.500. The molecule has 0 heterocycles. The maximum Gasteiger partial charge on any atom is 0.0639 e. The normalized spacial score (nSPS) is 13.1. The van der Waals surface area contributed by atoms with E-state index in [1.807, 2.05) is 11.0 Å². The number of nitrogens with zero attached hydrogens (tertiary/aromatic N) is 1. The zero-order valence-electron chi connectivity index (χ0n) is 9.74. The molecule has 5 heteroatoms. The second-order valence-electron chi connectivity index (χ2n) is 4.06. The van der Waals surface area contributed by atoms with E-state index in [4.69, 9.17) is 28.3 Å². The van der Waals surface area contributed by atoms with Gasteiger partial charge < -0.3 is 10.2 Å². The number of rotatable bonds is 6. The van der Waals surface area contributed by atoms with Gasteiger partial charge in [-0.3, -0.25) is 4.90 Å². The van der Waals surface area contributed by atoms with E-state index in [1.165, 1.54) is 0 Å². The van der Waals surface area contributed by atoms with Crippen molar-refractivity contribution in [2.24, 2.45) is 0 Å². The van der Waals surface area contributed by atoms with E-state index < -0.39 is 6.10 Å². The van der Waals surface area contributed by atoms with Crippen molar-refractivity contribution >= 4 is 23.2 Å². The summed E-state index contributed by atoms with van der Waals surface area (Å²) in [5, 5.41) is 19.4. The van der Waals surface area contributed by atoms with Gasteiger partial charge in [0.25, 0.3) is 0 Å². The molecule has 0 bridgehead atoms. The van der Waals surface area contributed by atoms with Crippen LogP contribution in [0, 0.1) is 0 Å². The maximum absolute atomic E-state index is 9.36. The first kappa shape index (κ1) is 14.7. The van der Waals surface area contributed by atoms with Crippen molar-refractivity contribution in [1.82, 2.24) is 4.90 Å². The molecular weight excluding hydrogens is 261 g/mol. The molecule has 2 N–H and O–H groups in total. The number of hydrogen-bond acceptors (Lipinski definition) is 3. The predicted molar refractivity (Wildman–Crippen MR) is 70.5 cm³/mol. The molecule has 0 aromatic heterocycles. The predicted octanol–water partition coefficient (Wildman–Crippen LogP) is 2.17. The zero-order valence-corrected chi connectivity index (χ0v) is 11.2. The van der Waals surface area contributed by atoms with Gasteiger partial charge in [-0.2, -0.15) is 0 Å². The molecule has 3 nitrogen and oxygen atoms in total. The highest BCUT2D eigenvalue weighted by molar-refractivity contribution is 6.42. The third kappa shape index (κ3) is 5.23. The Morgan fingerprint density at radius 1 is 1.29 bits per heavy atom. The summed E-state index contributed by atoms with van der Waals surface area (Å²) in [6, 6.07) is 5.44. The summed E-state index contributed by atoms with van der Waals surface area (Å²) < 4.78 is 0. The minimum Gasteiger partial charge on any atom is -0.395 e. The molecule has 0 spiro atoms. The standard InChI is InChI=1S/C12H17Cl2NO2/c1-9(17)7-15(4-5-16)8-10-2-3-11(13)12(14)6-10/h2-3,6,9,16-17H,4-5,7-8H2,1H3/t9-/m0/s1. The highest BCUT2D eigenvalue weighted by Crippen LogP contribution is 2.23. The van der Waals surface area contributed by atoms with Gasteiger partial charge >= 0.3 is 0 Å². The molecule has 0 unspecified atom stereocenters. The molecule has 0 aliphatic carbocycles. The van der Waals surface area contributed by atoms with E-state index in [-0.39, 0.29) is 6.61 Å². The molecule has 0 radical (unpaired) electrons. The second-order valence-corrected chi connectivity index (χ2v) is 4.87. The lowest BCUT2D eigenvalue weighted by molar-refractivity contribution is 0.107. The largest absolute Gasteiger partial charge is 0.395 e. The smallest absolute Gasteiger partial charge is 0.0639 e. The van der Waals surface area contributed by atoms with Gasteiger partial charge in [-0.15, -0.1) is 0 Å². The van der Waals surface area contributed by atoms with Crippen LogP contribution >= 0.6 is 23.2 Å². The number of halogens is 2. The van der Waals surface area contributed by atoms with Crippen LogP contribution in [0.1, 0.15) is 12.5 Å². The van der Waals surface area contributed by atoms with E-state index in [9.17, 15) is 5.11 Å². The molecular formula is C12H17Cl2NO2. The molecule has 1 atom stereocenters. The molecule has 0 amide bonds. The summed E-state index contributed by atoms with van der Waals surface area (Å²) in [4.78, 5) is 1.96. The topological polar surface area (TPSA) is 43.7 Å². The van der Waals surface area contributed by atoms with E-state index in [0.717, 1.165) is 5.56 Å². The van der Waals surface area contributed by atoms with Crippen LogP contribution in [0.15, 0.2) is 18.2 Å². The van der Waals surface area contributed by atoms with E-state index in [2.05, 4.69) is 0 Å². The average molecular weight is 278 g/mol. The van der Waals surface area contributed by atoms with Crippen molar-refractivity contribution in [2.75, 3.05) is 19.7 Å². The third-order valence-corrected chi connectivity index (χ3v) is 3.07. The van der Waals surface area contributed by atoms with Crippen LogP contribution in [0.5, 0.6) is 0 Å². The van der Waals surface area contributed by atoms with Crippen LogP contribution in [0.3, 0.4) is 0 Å². The summed E-state index contributed by atoms with van der Waals surface area (Å²) in [6.07, 6.45) is -0.427. The summed E-state index contributed by atoms with van der Waals surface area (Å²) in [5.74, 6) is 0. The van der Waals surface area contributed by atoms with Gasteiger partial charge in [-0.1, -0.05) is 29.3 Å². The third-order valence-electron chi connectivity index (χ3n) is 2.33. The Morgan fingerprint density at radius 2 is 2.00 bits per heavy atom. The van der Waals surface area contributed by atoms with E-state index >= 15 is 0 Å². The number of benzene rings is 1. The Labute approximate surface area is 112 Å². The SMILES string of the molecule is C[C@H](O)CN(CCO)Cc1ccc(Cl)c(Cl)c1. The van der Waals surface area contributed by atoms with Crippen molar-refractivity contribution in [3.63, 3.8) is 0 Å². The lowest BCUT2D eigenvalue weighted by Gasteiger charge is -2.22. The van der Waals surface area contributed by atoms with Crippen LogP contribution in [-0.2, 0) is 6.54 Å². The Hall–Kier alpha value is -0.320. The minimum atomic E-state index is -0.427. The molecule has 1 rings (SSSR count). The monoisotopic (exact) mass is 277 g/mol. The number of aliphatic hydroxyl groups is 2. The Balaban J connectivity index is 2.67. The number of hydrogen-bond donors (Lipinski definition) is 2. The van der Waals surface area contributed by atoms with Crippen molar-refractivity contribution in [2.45, 2.75) is 19.6 Å². The number of aliphatic hydroxyl groups excluding tert-OH is 2. The van der Waals surface area contributed by atoms with E-state index in [0.29, 0.717) is 29.7 Å². The van der Waals surface area contributed by atoms with Crippen LogP contribution in [0.4, 0.5) is 0 Å². The maximum atomic E-state index is 9.36. The molecule has 96 valence electrons. The average Bonchev–Trinajstić information content (AvgIpc) is 2.23. The molecule has 0 aliphatic heterocycles. The molecule has 0 saturated carbocycles. The lowest BCUT2D eigenvalue weighted by atomic mass is 10.2. The minimum absolute atomic E-state index is 0.0635. The van der Waals surface area contributed by atoms with Gasteiger partial charge in [0.2, 0.25) is 0 Å². The molecule has 1 aromatic rings. The highest BCUT2D eigenvalue weighted by atomic mass is 35.5. The lowest BCUT2D eigenvalue weighted by Crippen LogP contribution is -2.32. The molecule has 1 aromatic carbocycles. The molecule has 0 aliphatic rings. The molecule has 0 fully saturated rings. The Bertz CT molecular complexity index is 358. The molecule has 0 saturated heterocycles. The Kier molecular flexibility index (Phi) is 6.23. The van der Waals surface area contributed by atoms with Crippen molar-refractivity contribution in [1.29, 1.82) is 0 Å². The van der Waals surface area contributed by atoms with Crippen molar-refractivity contribution in [3.05, 3.63) is 33.8 Å². The zero-order chi connectivity index (χ0) is 12.8. The van der Waals surface area contributed by atoms with Gasteiger partial charge in [-0.25, -0.2) is 0 Å². The van der Waals surface area contributed by atoms with Crippen LogP contribution in [0.2, 0.25) is 10.0 Å². The highest BCUT2D eigenvalue weighted by Gasteiger charge is 2.09. The second kappa shape index (κ2) is 7.19. The van der Waals surface area contributed by atoms with Gasteiger partial charge in [0, 0.05) is 19.6 Å². The summed E-state index contributed by atoms with van der Waals surface area (Å²) in [6.45, 7) is 3.45. The van der Waals surface area contributed by atoms with Crippen molar-refractivity contribution in [3.8, 4) is 0 Å². The summed E-state index contributed by atoms with van der Waals surface area (Å²) >= 11 is 11.8. The molecule has 17 heavy (non-hydrogen) atoms. The first-order valence-electron chi connectivity index (χ1n) is 5.48. The fourth-order valence-electron chi connectivity index (χ4n) is 1.65. The van der Waals surface area contributed by atoms with Crippen LogP contribution in [-0.4, -0.2) is 40.9 Å². The van der Waals surface area contributed by atoms with Gasteiger partial charge in [0.15, 0.2) is 0 Å². The van der Waals surface area contributed by atoms with Gasteiger partial charge in [0.05, 0.1) is 22.8 Å². The van der Waals surface area contributed by atoms with Gasteiger partial charge in [-0.05, 0) is 24.6 Å². The first-order chi connectivity index (χ1) is 8.02. The van der Waals surface area contributed by atoms with Crippen molar-refractivity contribution < 1.29 is 10.2 Å². The van der Waals surface area contributed by atoms with Crippen LogP contribution < -0.4 is 0 Å². The summed E-state index contributed by atoms with van der Waals surface area (Å²) in [7, 11) is 0. The van der Waals surface area contributed by atoms with E-state index in [1.54, 1.807) is 19.1 Å². The van der Waals surface area contributed by atoms with Gasteiger partial charge in [0.1, 0.15) is 0 Å². The Morgan fingerprint density at radius 3 is 2.53 bits per heavy atom.